The molecule has 7 nitrogen and oxygen atoms in total. The summed E-state index contributed by atoms with van der Waals surface area (Å²) in [5.41, 5.74) is 3.91. The van der Waals surface area contributed by atoms with Crippen molar-refractivity contribution in [1.29, 1.82) is 0 Å². The molecule has 4 rings (SSSR count). The summed E-state index contributed by atoms with van der Waals surface area (Å²) in [6.45, 7) is 5.91. The van der Waals surface area contributed by atoms with Crippen LogP contribution in [0.3, 0.4) is 0 Å². The molecule has 7 heteroatoms. The van der Waals surface area contributed by atoms with E-state index in [9.17, 15) is 9.59 Å². The van der Waals surface area contributed by atoms with E-state index < -0.39 is 0 Å². The Morgan fingerprint density at radius 1 is 1.09 bits per heavy atom. The Morgan fingerprint density at radius 3 is 2.56 bits per heavy atom. The molecule has 1 aliphatic rings. The van der Waals surface area contributed by atoms with Gasteiger partial charge in [0, 0.05) is 36.1 Å². The van der Waals surface area contributed by atoms with Gasteiger partial charge in [-0.2, -0.15) is 0 Å². The third-order valence-corrected chi connectivity index (χ3v) is 5.61. The molecular weight excluding hydrogens is 404 g/mol. The molecule has 3 heterocycles. The van der Waals surface area contributed by atoms with Crippen molar-refractivity contribution < 1.29 is 14.3 Å². The number of hydrogen-bond acceptors (Lipinski definition) is 6. The van der Waals surface area contributed by atoms with E-state index >= 15 is 0 Å². The van der Waals surface area contributed by atoms with Crippen LogP contribution in [0.15, 0.2) is 42.6 Å². The lowest BCUT2D eigenvalue weighted by molar-refractivity contribution is 0.0499. The van der Waals surface area contributed by atoms with Gasteiger partial charge in [0.05, 0.1) is 23.4 Å². The van der Waals surface area contributed by atoms with Crippen molar-refractivity contribution >= 4 is 34.3 Å². The number of rotatable bonds is 7. The molecule has 1 saturated heterocycles. The first kappa shape index (κ1) is 21.7. The van der Waals surface area contributed by atoms with Crippen molar-refractivity contribution in [2.45, 2.75) is 39.5 Å². The largest absolute Gasteiger partial charge is 0.462 e. The van der Waals surface area contributed by atoms with E-state index in [-0.39, 0.29) is 11.9 Å². The molecule has 0 radical (unpaired) electrons. The SMILES string of the molecule is CCCCOC(=O)c1ccc(Nc2c(C(=O)N3CCCC3)cnc3nc(C)ccc23)cc1. The van der Waals surface area contributed by atoms with Crippen LogP contribution in [0, 0.1) is 6.92 Å². The number of aromatic nitrogens is 2. The second kappa shape index (κ2) is 9.77. The molecule has 0 bridgehead atoms. The van der Waals surface area contributed by atoms with Gasteiger partial charge >= 0.3 is 5.97 Å². The number of aryl methyl sites for hydroxylation is 1. The number of carbonyl (C=O) groups is 2. The van der Waals surface area contributed by atoms with Gasteiger partial charge in [-0.1, -0.05) is 13.3 Å². The maximum absolute atomic E-state index is 13.2. The summed E-state index contributed by atoms with van der Waals surface area (Å²) in [5.74, 6) is -0.361. The lowest BCUT2D eigenvalue weighted by Crippen LogP contribution is -2.28. The summed E-state index contributed by atoms with van der Waals surface area (Å²) in [4.78, 5) is 36.2. The Balaban J connectivity index is 1.64. The van der Waals surface area contributed by atoms with Crippen LogP contribution in [0.1, 0.15) is 59.0 Å². The maximum Gasteiger partial charge on any atom is 0.338 e. The second-order valence-electron chi connectivity index (χ2n) is 8.06. The summed E-state index contributed by atoms with van der Waals surface area (Å²) in [6, 6.07) is 10.9. The number of unbranched alkanes of at least 4 members (excludes halogenated alkanes) is 1. The van der Waals surface area contributed by atoms with Crippen LogP contribution in [0.25, 0.3) is 11.0 Å². The number of likely N-dealkylation sites (tertiary alicyclic amines) is 1. The third-order valence-electron chi connectivity index (χ3n) is 5.61. The van der Waals surface area contributed by atoms with Crippen molar-refractivity contribution in [3.05, 3.63) is 59.4 Å². The molecule has 0 saturated carbocycles. The molecule has 0 unspecified atom stereocenters. The molecule has 2 aromatic heterocycles. The maximum atomic E-state index is 13.2. The lowest BCUT2D eigenvalue weighted by atomic mass is 10.1. The van der Waals surface area contributed by atoms with Gasteiger partial charge in [0.2, 0.25) is 0 Å². The van der Waals surface area contributed by atoms with Crippen molar-refractivity contribution in [2.24, 2.45) is 0 Å². The summed E-state index contributed by atoms with van der Waals surface area (Å²) < 4.78 is 5.28. The minimum Gasteiger partial charge on any atom is -0.462 e. The highest BCUT2D eigenvalue weighted by molar-refractivity contribution is 6.07. The molecule has 1 fully saturated rings. The zero-order valence-corrected chi connectivity index (χ0v) is 18.6. The van der Waals surface area contributed by atoms with Crippen molar-refractivity contribution in [1.82, 2.24) is 14.9 Å². The fourth-order valence-electron chi connectivity index (χ4n) is 3.79. The molecule has 3 aromatic rings. The third kappa shape index (κ3) is 4.72. The number of ether oxygens (including phenoxy) is 1. The number of pyridine rings is 2. The molecule has 0 spiro atoms. The van der Waals surface area contributed by atoms with Gasteiger partial charge in [-0.3, -0.25) is 4.79 Å². The van der Waals surface area contributed by atoms with Gasteiger partial charge in [-0.25, -0.2) is 14.8 Å². The van der Waals surface area contributed by atoms with Gasteiger partial charge in [-0.05, 0) is 62.6 Å². The van der Waals surface area contributed by atoms with E-state index in [0.717, 1.165) is 55.5 Å². The first-order valence-electron chi connectivity index (χ1n) is 11.2. The fraction of sp³-hybridized carbons (Fsp3) is 0.360. The van der Waals surface area contributed by atoms with Crippen LogP contribution < -0.4 is 5.32 Å². The van der Waals surface area contributed by atoms with Crippen LogP contribution in [0.2, 0.25) is 0 Å². The molecule has 32 heavy (non-hydrogen) atoms. The van der Waals surface area contributed by atoms with Crippen molar-refractivity contribution in [3.8, 4) is 0 Å². The van der Waals surface area contributed by atoms with Crippen molar-refractivity contribution in [2.75, 3.05) is 25.0 Å². The zero-order chi connectivity index (χ0) is 22.5. The second-order valence-corrected chi connectivity index (χ2v) is 8.06. The van der Waals surface area contributed by atoms with Crippen LogP contribution in [0.5, 0.6) is 0 Å². The Kier molecular flexibility index (Phi) is 6.63. The Labute approximate surface area is 187 Å². The van der Waals surface area contributed by atoms with E-state index in [2.05, 4.69) is 22.2 Å². The van der Waals surface area contributed by atoms with E-state index in [1.54, 1.807) is 18.3 Å². The molecule has 1 aliphatic heterocycles. The molecule has 1 N–H and O–H groups in total. The molecular formula is C25H28N4O3. The smallest absolute Gasteiger partial charge is 0.338 e. The van der Waals surface area contributed by atoms with E-state index in [1.165, 1.54) is 0 Å². The molecule has 1 amide bonds. The molecule has 0 atom stereocenters. The number of carbonyl (C=O) groups excluding carboxylic acids is 2. The number of nitrogens with one attached hydrogen (secondary N) is 1. The minimum absolute atomic E-state index is 0.0314. The van der Waals surface area contributed by atoms with E-state index in [1.807, 2.05) is 36.1 Å². The van der Waals surface area contributed by atoms with E-state index in [0.29, 0.717) is 29.1 Å². The quantitative estimate of drug-likeness (QED) is 0.423. The first-order valence-corrected chi connectivity index (χ1v) is 11.2. The monoisotopic (exact) mass is 432 g/mol. The van der Waals surface area contributed by atoms with Crippen LogP contribution in [-0.4, -0.2) is 46.4 Å². The summed E-state index contributed by atoms with van der Waals surface area (Å²) in [6.07, 6.45) is 5.47. The standard InChI is InChI=1S/C25H28N4O3/c1-3-4-15-32-25(31)18-8-10-19(11-9-18)28-22-20-12-7-17(2)27-23(20)26-16-21(22)24(30)29-13-5-6-14-29/h7-12,16H,3-6,13-15H2,1-2H3,(H,26,27,28). The number of esters is 1. The number of hydrogen-bond donors (Lipinski definition) is 1. The molecule has 166 valence electrons. The predicted molar refractivity (Wildman–Crippen MR) is 124 cm³/mol. The zero-order valence-electron chi connectivity index (χ0n) is 18.6. The van der Waals surface area contributed by atoms with Gasteiger partial charge < -0.3 is 15.0 Å². The predicted octanol–water partition coefficient (Wildman–Crippen LogP) is 4.87. The average molecular weight is 433 g/mol. The fourth-order valence-corrected chi connectivity index (χ4v) is 3.79. The number of nitrogens with zero attached hydrogens (tertiary/aromatic N) is 3. The van der Waals surface area contributed by atoms with Gasteiger partial charge in [0.25, 0.3) is 5.91 Å². The Hall–Kier alpha value is -3.48. The topological polar surface area (TPSA) is 84.4 Å². The first-order chi connectivity index (χ1) is 15.6. The van der Waals surface area contributed by atoms with Crippen LogP contribution in [-0.2, 0) is 4.74 Å². The van der Waals surface area contributed by atoms with E-state index in [4.69, 9.17) is 4.74 Å². The Bertz CT molecular complexity index is 1120. The lowest BCUT2D eigenvalue weighted by Gasteiger charge is -2.19. The summed E-state index contributed by atoms with van der Waals surface area (Å²) >= 11 is 0. The number of benzene rings is 1. The highest BCUT2D eigenvalue weighted by atomic mass is 16.5. The average Bonchev–Trinajstić information content (AvgIpc) is 3.34. The number of amides is 1. The highest BCUT2D eigenvalue weighted by Gasteiger charge is 2.24. The normalized spacial score (nSPS) is 13.4. The Morgan fingerprint density at radius 2 is 1.84 bits per heavy atom. The number of anilines is 2. The van der Waals surface area contributed by atoms with Crippen molar-refractivity contribution in [3.63, 3.8) is 0 Å². The van der Waals surface area contributed by atoms with Gasteiger partial charge in [0.1, 0.15) is 0 Å². The highest BCUT2D eigenvalue weighted by Crippen LogP contribution is 2.30. The summed E-state index contributed by atoms with van der Waals surface area (Å²) in [5, 5.41) is 4.16. The molecule has 1 aromatic carbocycles. The van der Waals surface area contributed by atoms with Gasteiger partial charge in [0.15, 0.2) is 5.65 Å². The minimum atomic E-state index is -0.330. The number of fused-ring (bicyclic) bond motifs is 1. The van der Waals surface area contributed by atoms with Crippen LogP contribution >= 0.6 is 0 Å². The molecule has 0 aliphatic carbocycles. The summed E-state index contributed by atoms with van der Waals surface area (Å²) in [7, 11) is 0. The van der Waals surface area contributed by atoms with Gasteiger partial charge in [-0.15, -0.1) is 0 Å². The van der Waals surface area contributed by atoms with Crippen LogP contribution in [0.4, 0.5) is 11.4 Å².